The van der Waals surface area contributed by atoms with Gasteiger partial charge in [-0.3, -0.25) is 4.79 Å². The van der Waals surface area contributed by atoms with Crippen molar-refractivity contribution in [1.82, 2.24) is 5.32 Å². The molecule has 0 aliphatic carbocycles. The number of nitrogens with one attached hydrogen (secondary N) is 1. The number of aryl methyl sites for hydroxylation is 1. The van der Waals surface area contributed by atoms with Crippen LogP contribution in [0.4, 0.5) is 0 Å². The van der Waals surface area contributed by atoms with Gasteiger partial charge in [-0.2, -0.15) is 0 Å². The Morgan fingerprint density at radius 3 is 2.26 bits per heavy atom. The highest BCUT2D eigenvalue weighted by Gasteiger charge is 2.38. The van der Waals surface area contributed by atoms with Crippen LogP contribution in [0.1, 0.15) is 25.8 Å². The van der Waals surface area contributed by atoms with Gasteiger partial charge in [0.05, 0.1) is 4.90 Å². The zero-order chi connectivity index (χ0) is 14.2. The second kappa shape index (κ2) is 4.81. The Balaban J connectivity index is 2.47. The SMILES string of the molecule is CCC1=C(C)C(=O)NC1S(=O)(=O)c1ccc(C)cc1. The van der Waals surface area contributed by atoms with Gasteiger partial charge in [-0.05, 0) is 38.0 Å². The summed E-state index contributed by atoms with van der Waals surface area (Å²) in [5.41, 5.74) is 2.17. The summed E-state index contributed by atoms with van der Waals surface area (Å²) in [5.74, 6) is -0.294. The predicted octanol–water partition coefficient (Wildman–Crippen LogP) is 1.95. The first-order valence-electron chi connectivity index (χ1n) is 6.19. The maximum atomic E-state index is 12.6. The molecule has 2 rings (SSSR count). The number of carbonyl (C=O) groups is 1. The van der Waals surface area contributed by atoms with E-state index in [9.17, 15) is 13.2 Å². The number of hydrogen-bond donors (Lipinski definition) is 1. The normalized spacial score (nSPS) is 19.7. The summed E-state index contributed by atoms with van der Waals surface area (Å²) in [4.78, 5) is 11.9. The van der Waals surface area contributed by atoms with Crippen LogP contribution in [0.25, 0.3) is 0 Å². The van der Waals surface area contributed by atoms with Gasteiger partial charge >= 0.3 is 0 Å². The minimum Gasteiger partial charge on any atom is -0.332 e. The smallest absolute Gasteiger partial charge is 0.248 e. The summed E-state index contributed by atoms with van der Waals surface area (Å²) >= 11 is 0. The van der Waals surface area contributed by atoms with Crippen molar-refractivity contribution in [2.24, 2.45) is 0 Å². The summed E-state index contributed by atoms with van der Waals surface area (Å²) in [7, 11) is -3.57. The topological polar surface area (TPSA) is 63.2 Å². The molecular weight excluding hydrogens is 262 g/mol. The first-order chi connectivity index (χ1) is 8.87. The van der Waals surface area contributed by atoms with Gasteiger partial charge in [-0.15, -0.1) is 0 Å². The molecule has 1 unspecified atom stereocenters. The molecule has 1 N–H and O–H groups in total. The highest BCUT2D eigenvalue weighted by molar-refractivity contribution is 7.92. The van der Waals surface area contributed by atoms with Gasteiger partial charge in [0.15, 0.2) is 5.37 Å². The van der Waals surface area contributed by atoms with Crippen LogP contribution >= 0.6 is 0 Å². The van der Waals surface area contributed by atoms with E-state index in [0.717, 1.165) is 5.56 Å². The lowest BCUT2D eigenvalue weighted by atomic mass is 10.1. The molecule has 0 radical (unpaired) electrons. The number of carbonyl (C=O) groups excluding carboxylic acids is 1. The molecule has 102 valence electrons. The van der Waals surface area contributed by atoms with Crippen LogP contribution in [0.15, 0.2) is 40.3 Å². The molecule has 0 bridgehead atoms. The van der Waals surface area contributed by atoms with E-state index in [1.54, 1.807) is 31.2 Å². The average molecular weight is 279 g/mol. The van der Waals surface area contributed by atoms with Gasteiger partial charge in [0.2, 0.25) is 15.7 Å². The first kappa shape index (κ1) is 13.8. The van der Waals surface area contributed by atoms with Gasteiger partial charge in [-0.1, -0.05) is 24.6 Å². The zero-order valence-electron chi connectivity index (χ0n) is 11.2. The van der Waals surface area contributed by atoms with E-state index in [4.69, 9.17) is 0 Å². The number of amides is 1. The lowest BCUT2D eigenvalue weighted by Crippen LogP contribution is -2.36. The van der Waals surface area contributed by atoms with E-state index in [2.05, 4.69) is 5.32 Å². The summed E-state index contributed by atoms with van der Waals surface area (Å²) < 4.78 is 25.1. The van der Waals surface area contributed by atoms with Crippen LogP contribution in [-0.2, 0) is 14.6 Å². The van der Waals surface area contributed by atoms with E-state index in [0.29, 0.717) is 17.6 Å². The molecular formula is C14H17NO3S. The minimum atomic E-state index is -3.57. The zero-order valence-corrected chi connectivity index (χ0v) is 12.0. The standard InChI is InChI=1S/C14H17NO3S/c1-4-12-10(3)13(16)15-14(12)19(17,18)11-7-5-9(2)6-8-11/h5-8,14H,4H2,1-3H3,(H,15,16). The summed E-state index contributed by atoms with van der Waals surface area (Å²) in [6, 6.07) is 6.67. The fourth-order valence-electron chi connectivity index (χ4n) is 2.24. The minimum absolute atomic E-state index is 0.240. The van der Waals surface area contributed by atoms with Crippen LogP contribution in [-0.4, -0.2) is 19.7 Å². The first-order valence-corrected chi connectivity index (χ1v) is 7.73. The van der Waals surface area contributed by atoms with Crippen molar-refractivity contribution < 1.29 is 13.2 Å². The molecule has 5 heteroatoms. The van der Waals surface area contributed by atoms with Crippen molar-refractivity contribution in [3.8, 4) is 0 Å². The van der Waals surface area contributed by atoms with Crippen LogP contribution < -0.4 is 5.32 Å². The van der Waals surface area contributed by atoms with E-state index in [1.165, 1.54) is 0 Å². The van der Waals surface area contributed by atoms with Crippen LogP contribution in [0.3, 0.4) is 0 Å². The van der Waals surface area contributed by atoms with Gasteiger partial charge in [0.1, 0.15) is 0 Å². The van der Waals surface area contributed by atoms with E-state index in [1.807, 2.05) is 13.8 Å². The van der Waals surface area contributed by atoms with Crippen LogP contribution in [0, 0.1) is 6.92 Å². The maximum absolute atomic E-state index is 12.6. The molecule has 1 atom stereocenters. The monoisotopic (exact) mass is 279 g/mol. The van der Waals surface area contributed by atoms with Crippen molar-refractivity contribution >= 4 is 15.7 Å². The number of rotatable bonds is 3. The molecule has 0 saturated carbocycles. The third kappa shape index (κ3) is 2.30. The highest BCUT2D eigenvalue weighted by Crippen LogP contribution is 2.28. The van der Waals surface area contributed by atoms with Crippen molar-refractivity contribution in [3.05, 3.63) is 41.0 Å². The van der Waals surface area contributed by atoms with Gasteiger partial charge < -0.3 is 5.32 Å². The highest BCUT2D eigenvalue weighted by atomic mass is 32.2. The van der Waals surface area contributed by atoms with Gasteiger partial charge in [0.25, 0.3) is 0 Å². The van der Waals surface area contributed by atoms with E-state index >= 15 is 0 Å². The molecule has 0 fully saturated rings. The van der Waals surface area contributed by atoms with Gasteiger partial charge in [-0.25, -0.2) is 8.42 Å². The maximum Gasteiger partial charge on any atom is 0.248 e. The Morgan fingerprint density at radius 1 is 1.16 bits per heavy atom. The molecule has 19 heavy (non-hydrogen) atoms. The fraction of sp³-hybridized carbons (Fsp3) is 0.357. The number of benzene rings is 1. The molecule has 1 aliphatic heterocycles. The lowest BCUT2D eigenvalue weighted by Gasteiger charge is -2.15. The molecule has 1 heterocycles. The Kier molecular flexibility index (Phi) is 3.49. The largest absolute Gasteiger partial charge is 0.332 e. The van der Waals surface area contributed by atoms with Crippen molar-refractivity contribution in [1.29, 1.82) is 0 Å². The van der Waals surface area contributed by atoms with Crippen molar-refractivity contribution in [3.63, 3.8) is 0 Å². The second-order valence-corrected chi connectivity index (χ2v) is 6.75. The predicted molar refractivity (Wildman–Crippen MR) is 73.3 cm³/mol. The van der Waals surface area contributed by atoms with E-state index < -0.39 is 15.2 Å². The van der Waals surface area contributed by atoms with Gasteiger partial charge in [0, 0.05) is 5.57 Å². The Hall–Kier alpha value is -1.62. The molecule has 0 spiro atoms. The van der Waals surface area contributed by atoms with Crippen LogP contribution in [0.5, 0.6) is 0 Å². The molecule has 0 aromatic heterocycles. The number of hydrogen-bond acceptors (Lipinski definition) is 3. The Labute approximate surface area is 113 Å². The molecule has 0 saturated heterocycles. The fourth-order valence-corrected chi connectivity index (χ4v) is 4.00. The molecule has 1 amide bonds. The third-order valence-corrected chi connectivity index (χ3v) is 5.39. The second-order valence-electron chi connectivity index (χ2n) is 4.72. The molecule has 1 aromatic carbocycles. The molecule has 4 nitrogen and oxygen atoms in total. The lowest BCUT2D eigenvalue weighted by molar-refractivity contribution is -0.116. The van der Waals surface area contributed by atoms with Crippen LogP contribution in [0.2, 0.25) is 0 Å². The molecule has 1 aromatic rings. The Bertz CT molecular complexity index is 642. The third-order valence-electron chi connectivity index (χ3n) is 3.44. The van der Waals surface area contributed by atoms with Crippen molar-refractivity contribution in [2.45, 2.75) is 37.5 Å². The summed E-state index contributed by atoms with van der Waals surface area (Å²) in [6.07, 6.45) is 0.542. The average Bonchev–Trinajstić information content (AvgIpc) is 2.66. The van der Waals surface area contributed by atoms with E-state index in [-0.39, 0.29) is 10.8 Å². The Morgan fingerprint density at radius 2 is 1.74 bits per heavy atom. The summed E-state index contributed by atoms with van der Waals surface area (Å²) in [6.45, 7) is 5.42. The number of sulfone groups is 1. The summed E-state index contributed by atoms with van der Waals surface area (Å²) in [5, 5.41) is 1.63. The quantitative estimate of drug-likeness (QED) is 0.920. The van der Waals surface area contributed by atoms with Crippen molar-refractivity contribution in [2.75, 3.05) is 0 Å². The molecule has 1 aliphatic rings.